The molecular weight excluding hydrogens is 550 g/mol. The minimum absolute atomic E-state index is 0.00130. The summed E-state index contributed by atoms with van der Waals surface area (Å²) in [5.74, 6) is 1.21. The molecule has 3 heterocycles. The van der Waals surface area contributed by atoms with Gasteiger partial charge in [0.2, 0.25) is 0 Å². The average Bonchev–Trinajstić information content (AvgIpc) is 3.43. The number of aromatic nitrogens is 1. The highest BCUT2D eigenvalue weighted by atomic mass is 16.5. The number of benzene rings is 1. The smallest absolute Gasteiger partial charge is 0.169 e. The highest BCUT2D eigenvalue weighted by Gasteiger charge is 2.81. The Morgan fingerprint density at radius 1 is 1.02 bits per heavy atom. The Hall–Kier alpha value is -1.73. The lowest BCUT2D eigenvalue weighted by atomic mass is 9.43. The maximum atomic E-state index is 14.0. The number of fused-ring (bicyclic) bond motifs is 10. The van der Waals surface area contributed by atoms with Crippen molar-refractivity contribution in [3.63, 3.8) is 0 Å². The fourth-order valence-corrected chi connectivity index (χ4v) is 13.0. The summed E-state index contributed by atoms with van der Waals surface area (Å²) in [6.45, 7) is 15.0. The van der Waals surface area contributed by atoms with E-state index in [4.69, 9.17) is 9.47 Å². The lowest BCUT2D eigenvalue weighted by molar-refractivity contribution is -0.252. The Balaban J connectivity index is 1.17. The zero-order valence-corrected chi connectivity index (χ0v) is 27.7. The van der Waals surface area contributed by atoms with Gasteiger partial charge >= 0.3 is 0 Å². The van der Waals surface area contributed by atoms with Crippen LogP contribution < -0.4 is 0 Å². The van der Waals surface area contributed by atoms with Gasteiger partial charge in [-0.05, 0) is 121 Å². The third-order valence-electron chi connectivity index (χ3n) is 15.4. The topological polar surface area (TPSA) is 91.8 Å². The molecule has 1 aromatic carbocycles. The van der Waals surface area contributed by atoms with Gasteiger partial charge in [-0.25, -0.2) is 0 Å². The van der Waals surface area contributed by atoms with Crippen molar-refractivity contribution in [2.24, 2.45) is 34.5 Å². The molecule has 2 aromatic rings. The van der Waals surface area contributed by atoms with Crippen molar-refractivity contribution < 1.29 is 24.5 Å². The molecular formula is C38H51NO5. The number of rotatable bonds is 1. The van der Waals surface area contributed by atoms with E-state index in [0.29, 0.717) is 11.8 Å². The highest BCUT2D eigenvalue weighted by molar-refractivity contribution is 6.06. The zero-order valence-electron chi connectivity index (χ0n) is 27.7. The van der Waals surface area contributed by atoms with Crippen molar-refractivity contribution in [1.29, 1.82) is 0 Å². The fourth-order valence-electron chi connectivity index (χ4n) is 13.0. The molecule has 44 heavy (non-hydrogen) atoms. The Morgan fingerprint density at radius 2 is 1.80 bits per heavy atom. The Morgan fingerprint density at radius 3 is 2.55 bits per heavy atom. The maximum absolute atomic E-state index is 14.0. The zero-order chi connectivity index (χ0) is 31.0. The van der Waals surface area contributed by atoms with Crippen LogP contribution in [0, 0.1) is 34.5 Å². The van der Waals surface area contributed by atoms with Crippen molar-refractivity contribution in [2.45, 2.75) is 147 Å². The van der Waals surface area contributed by atoms with E-state index in [0.717, 1.165) is 68.9 Å². The standard InChI is InChI=1S/C38H51NO5/c1-19-29-25(34(4,5)44-19)17-23-22(31(29)40)10-11-26-30(23)24-15-20-12-14-38(42)35(6,36(20,7)32(24)39-26)13-8-9-27-37(38)18-21(37)16-28(43-27)33(2,3)41/h10-11,19-21,25,27-29,39,41-42H,8-9,12-18H2,1-7H3/t19?,20?,21-,25?,27?,28-,29?,35+,36+,37-,38-/m0/s1. The van der Waals surface area contributed by atoms with Gasteiger partial charge in [0.25, 0.3) is 0 Å². The number of Topliss-reactive ketones (excluding diaryl/α,β-unsaturated/α-hetero) is 1. The Labute approximate surface area is 261 Å². The molecule has 6 heteroatoms. The number of ether oxygens (including phenoxy) is 2. The summed E-state index contributed by atoms with van der Waals surface area (Å²) in [5.41, 5.74) is 3.19. The fraction of sp³-hybridized carbons (Fsp3) is 0.763. The van der Waals surface area contributed by atoms with Crippen LogP contribution in [-0.2, 0) is 27.7 Å². The maximum Gasteiger partial charge on any atom is 0.169 e. The molecule has 2 aliphatic heterocycles. The van der Waals surface area contributed by atoms with Gasteiger partial charge < -0.3 is 24.7 Å². The molecule has 6 nitrogen and oxygen atoms in total. The monoisotopic (exact) mass is 601 g/mol. The summed E-state index contributed by atoms with van der Waals surface area (Å²) in [6, 6.07) is 4.22. The number of carbonyl (C=O) groups is 1. The molecule has 0 amide bonds. The molecule has 238 valence electrons. The van der Waals surface area contributed by atoms with E-state index in [1.807, 2.05) is 13.8 Å². The van der Waals surface area contributed by atoms with E-state index >= 15 is 0 Å². The predicted molar refractivity (Wildman–Crippen MR) is 169 cm³/mol. The first-order chi connectivity index (χ1) is 20.6. The molecule has 7 aliphatic rings. The van der Waals surface area contributed by atoms with E-state index in [2.05, 4.69) is 51.7 Å². The summed E-state index contributed by atoms with van der Waals surface area (Å²) >= 11 is 0. The molecule has 0 radical (unpaired) electrons. The summed E-state index contributed by atoms with van der Waals surface area (Å²) < 4.78 is 13.1. The highest BCUT2D eigenvalue weighted by Crippen LogP contribution is 2.79. The van der Waals surface area contributed by atoms with E-state index < -0.39 is 11.2 Å². The minimum Gasteiger partial charge on any atom is -0.389 e. The van der Waals surface area contributed by atoms with Crippen molar-refractivity contribution in [1.82, 2.24) is 4.98 Å². The van der Waals surface area contributed by atoms with E-state index in [-0.39, 0.29) is 57.8 Å². The van der Waals surface area contributed by atoms with E-state index in [9.17, 15) is 15.0 Å². The number of ketones is 1. The van der Waals surface area contributed by atoms with E-state index in [1.54, 1.807) is 0 Å². The third kappa shape index (κ3) is 3.03. The lowest BCUT2D eigenvalue weighted by Gasteiger charge is -2.64. The van der Waals surface area contributed by atoms with Crippen LogP contribution in [0.15, 0.2) is 12.1 Å². The van der Waals surface area contributed by atoms with Crippen LogP contribution in [0.4, 0.5) is 0 Å². The molecule has 9 rings (SSSR count). The first kappa shape index (κ1) is 28.5. The molecule has 1 aromatic heterocycles. The van der Waals surface area contributed by atoms with Crippen LogP contribution in [0.25, 0.3) is 10.9 Å². The number of nitrogens with one attached hydrogen (secondary N) is 1. The van der Waals surface area contributed by atoms with Crippen LogP contribution in [0.5, 0.6) is 0 Å². The lowest BCUT2D eigenvalue weighted by Crippen LogP contribution is -2.68. The molecule has 5 unspecified atom stereocenters. The summed E-state index contributed by atoms with van der Waals surface area (Å²) in [7, 11) is 0. The van der Waals surface area contributed by atoms with Crippen molar-refractivity contribution >= 4 is 16.7 Å². The predicted octanol–water partition coefficient (Wildman–Crippen LogP) is 6.42. The number of aliphatic hydroxyl groups is 2. The average molecular weight is 602 g/mol. The van der Waals surface area contributed by atoms with Gasteiger partial charge in [0.05, 0.1) is 41.0 Å². The number of aromatic amines is 1. The first-order valence-electron chi connectivity index (χ1n) is 17.6. The van der Waals surface area contributed by atoms with Crippen LogP contribution in [0.3, 0.4) is 0 Å². The second-order valence-corrected chi connectivity index (χ2v) is 17.8. The van der Waals surface area contributed by atoms with Crippen molar-refractivity contribution in [2.75, 3.05) is 0 Å². The minimum atomic E-state index is -0.875. The molecule has 2 saturated heterocycles. The Kier molecular flexibility index (Phi) is 5.32. The number of hydrogen-bond acceptors (Lipinski definition) is 5. The van der Waals surface area contributed by atoms with Gasteiger partial charge in [-0.1, -0.05) is 20.3 Å². The quantitative estimate of drug-likeness (QED) is 0.351. The summed E-state index contributed by atoms with van der Waals surface area (Å²) in [5, 5.41) is 25.5. The summed E-state index contributed by atoms with van der Waals surface area (Å²) in [6.07, 6.45) is 8.24. The number of carbonyl (C=O) groups excluding carboxylic acids is 1. The van der Waals surface area contributed by atoms with Gasteiger partial charge in [0.1, 0.15) is 0 Å². The summed E-state index contributed by atoms with van der Waals surface area (Å²) in [4.78, 5) is 18.0. The second kappa shape index (κ2) is 8.21. The van der Waals surface area contributed by atoms with Gasteiger partial charge in [0.15, 0.2) is 5.78 Å². The van der Waals surface area contributed by atoms with Gasteiger partial charge in [0, 0.05) is 44.3 Å². The van der Waals surface area contributed by atoms with Crippen LogP contribution >= 0.6 is 0 Å². The molecule has 5 fully saturated rings. The van der Waals surface area contributed by atoms with Crippen LogP contribution in [-0.4, -0.2) is 56.1 Å². The molecule has 5 aliphatic carbocycles. The largest absolute Gasteiger partial charge is 0.389 e. The van der Waals surface area contributed by atoms with Gasteiger partial charge in [-0.2, -0.15) is 0 Å². The SMILES string of the molecule is CC1OC(C)(C)C2Cc3c(ccc4[nH]c5c(c34)CC3CC[C@]4(O)[C@](C)(CCCC6O[C@H](C(C)(C)O)C[C@H]7C[C@@]674)[C@@]53C)C(=O)C12. The molecule has 3 saturated carbocycles. The molecule has 1 spiro atoms. The normalized spacial score (nSPS) is 48.4. The molecule has 11 atom stereocenters. The number of H-pyrrole nitrogens is 1. The van der Waals surface area contributed by atoms with Crippen LogP contribution in [0.1, 0.15) is 121 Å². The first-order valence-corrected chi connectivity index (χ1v) is 17.6. The van der Waals surface area contributed by atoms with Gasteiger partial charge in [-0.3, -0.25) is 4.79 Å². The molecule has 3 N–H and O–H groups in total. The number of hydrogen-bond donors (Lipinski definition) is 3. The Bertz CT molecular complexity index is 1620. The second-order valence-electron chi connectivity index (χ2n) is 17.8. The van der Waals surface area contributed by atoms with E-state index in [1.165, 1.54) is 22.2 Å². The van der Waals surface area contributed by atoms with Gasteiger partial charge in [-0.15, -0.1) is 0 Å². The van der Waals surface area contributed by atoms with Crippen molar-refractivity contribution in [3.05, 3.63) is 34.5 Å². The van der Waals surface area contributed by atoms with Crippen molar-refractivity contribution in [3.8, 4) is 0 Å². The van der Waals surface area contributed by atoms with Crippen LogP contribution in [0.2, 0.25) is 0 Å². The molecule has 0 bridgehead atoms. The third-order valence-corrected chi connectivity index (χ3v) is 15.4.